The van der Waals surface area contributed by atoms with Crippen molar-refractivity contribution < 1.29 is 18.0 Å². The summed E-state index contributed by atoms with van der Waals surface area (Å²) in [7, 11) is -4.14. The quantitative estimate of drug-likeness (QED) is 0.191. The van der Waals surface area contributed by atoms with Gasteiger partial charge in [0, 0.05) is 19.5 Å². The van der Waals surface area contributed by atoms with Crippen molar-refractivity contribution in [3.8, 4) is 0 Å². The molecule has 7 nitrogen and oxygen atoms in total. The standard InChI is InChI=1S/C37H43N3O4S/c1-27(2)24-38-37(42)35(23-31-15-8-6-9-16-31)39(25-32-17-13-12-14-29(32)4)36(41)26-40(34-22-28(3)20-21-30(34)5)45(43,44)33-18-10-7-11-19-33/h6-22,27,35H,23-26H2,1-5H3,(H,38,42)/t35-/m0/s1. The van der Waals surface area contributed by atoms with Gasteiger partial charge in [-0.2, -0.15) is 0 Å². The molecule has 1 atom stereocenters. The summed E-state index contributed by atoms with van der Waals surface area (Å²) in [5.74, 6) is -0.541. The molecule has 0 bridgehead atoms. The highest BCUT2D eigenvalue weighted by molar-refractivity contribution is 7.92. The van der Waals surface area contributed by atoms with E-state index in [1.807, 2.05) is 101 Å². The molecule has 0 saturated heterocycles. The molecule has 0 radical (unpaired) electrons. The number of sulfonamides is 1. The van der Waals surface area contributed by atoms with Crippen LogP contribution < -0.4 is 9.62 Å². The molecule has 0 aliphatic carbocycles. The van der Waals surface area contributed by atoms with Crippen LogP contribution in [0, 0.1) is 26.7 Å². The Hall–Kier alpha value is -4.43. The van der Waals surface area contributed by atoms with Gasteiger partial charge in [-0.3, -0.25) is 13.9 Å². The lowest BCUT2D eigenvalue weighted by atomic mass is 10.0. The number of carbonyl (C=O) groups is 2. The van der Waals surface area contributed by atoms with Crippen LogP contribution in [0.5, 0.6) is 0 Å². The first-order valence-electron chi connectivity index (χ1n) is 15.3. The molecule has 4 aromatic carbocycles. The van der Waals surface area contributed by atoms with Gasteiger partial charge in [0.1, 0.15) is 12.6 Å². The van der Waals surface area contributed by atoms with Crippen molar-refractivity contribution >= 4 is 27.5 Å². The molecule has 0 aliphatic rings. The van der Waals surface area contributed by atoms with Gasteiger partial charge in [0.15, 0.2) is 0 Å². The fourth-order valence-corrected chi connectivity index (χ4v) is 6.66. The van der Waals surface area contributed by atoms with Gasteiger partial charge >= 0.3 is 0 Å². The summed E-state index contributed by atoms with van der Waals surface area (Å²) in [4.78, 5) is 30.2. The minimum Gasteiger partial charge on any atom is -0.354 e. The van der Waals surface area contributed by atoms with Crippen molar-refractivity contribution in [1.82, 2.24) is 10.2 Å². The maximum absolute atomic E-state index is 14.6. The van der Waals surface area contributed by atoms with Gasteiger partial charge in [-0.15, -0.1) is 0 Å². The molecule has 0 aliphatic heterocycles. The summed E-state index contributed by atoms with van der Waals surface area (Å²) in [6.07, 6.45) is 0.275. The van der Waals surface area contributed by atoms with Crippen LogP contribution in [-0.4, -0.2) is 44.3 Å². The number of hydrogen-bond acceptors (Lipinski definition) is 4. The fraction of sp³-hybridized carbons (Fsp3) is 0.297. The van der Waals surface area contributed by atoms with E-state index in [2.05, 4.69) is 5.32 Å². The molecule has 0 saturated carbocycles. The number of nitrogens with zero attached hydrogens (tertiary/aromatic N) is 2. The highest BCUT2D eigenvalue weighted by Crippen LogP contribution is 2.29. The third kappa shape index (κ3) is 8.60. The van der Waals surface area contributed by atoms with E-state index >= 15 is 0 Å². The Morgan fingerprint density at radius 3 is 2.04 bits per heavy atom. The summed E-state index contributed by atoms with van der Waals surface area (Å²) in [5.41, 5.74) is 4.75. The van der Waals surface area contributed by atoms with Crippen LogP contribution in [0.15, 0.2) is 108 Å². The van der Waals surface area contributed by atoms with Crippen molar-refractivity contribution in [2.75, 3.05) is 17.4 Å². The van der Waals surface area contributed by atoms with E-state index in [0.29, 0.717) is 17.8 Å². The maximum Gasteiger partial charge on any atom is 0.264 e. The first-order valence-corrected chi connectivity index (χ1v) is 16.7. The van der Waals surface area contributed by atoms with E-state index < -0.39 is 28.5 Å². The predicted octanol–water partition coefficient (Wildman–Crippen LogP) is 6.22. The second kappa shape index (κ2) is 15.0. The summed E-state index contributed by atoms with van der Waals surface area (Å²) in [6.45, 7) is 9.82. The fourth-order valence-electron chi connectivity index (χ4n) is 5.17. The van der Waals surface area contributed by atoms with Crippen LogP contribution in [0.25, 0.3) is 0 Å². The summed E-state index contributed by atoms with van der Waals surface area (Å²) in [5, 5.41) is 3.03. The molecule has 0 fully saturated rings. The molecule has 236 valence electrons. The molecule has 0 spiro atoms. The Balaban J connectivity index is 1.83. The summed E-state index contributed by atoms with van der Waals surface area (Å²) in [6, 6.07) is 30.1. The number of aryl methyl sites for hydroxylation is 3. The van der Waals surface area contributed by atoms with Crippen LogP contribution in [0.1, 0.15) is 41.7 Å². The molecule has 4 rings (SSSR count). The van der Waals surface area contributed by atoms with Gasteiger partial charge in [0.2, 0.25) is 11.8 Å². The zero-order valence-electron chi connectivity index (χ0n) is 26.7. The monoisotopic (exact) mass is 625 g/mol. The van der Waals surface area contributed by atoms with E-state index in [4.69, 9.17) is 0 Å². The first kappa shape index (κ1) is 33.5. The number of rotatable bonds is 13. The van der Waals surface area contributed by atoms with Gasteiger partial charge in [-0.1, -0.05) is 98.8 Å². The van der Waals surface area contributed by atoms with Crippen LogP contribution in [-0.2, 0) is 32.6 Å². The average Bonchev–Trinajstić information content (AvgIpc) is 3.03. The molecular formula is C37H43N3O4S. The van der Waals surface area contributed by atoms with Gasteiger partial charge in [-0.25, -0.2) is 8.42 Å². The highest BCUT2D eigenvalue weighted by Gasteiger charge is 2.35. The maximum atomic E-state index is 14.6. The second-order valence-electron chi connectivity index (χ2n) is 11.9. The lowest BCUT2D eigenvalue weighted by Gasteiger charge is -2.34. The Bertz CT molecular complexity index is 1710. The van der Waals surface area contributed by atoms with Crippen LogP contribution >= 0.6 is 0 Å². The largest absolute Gasteiger partial charge is 0.354 e. The number of hydrogen-bond donors (Lipinski definition) is 1. The predicted molar refractivity (Wildman–Crippen MR) is 180 cm³/mol. The molecule has 45 heavy (non-hydrogen) atoms. The van der Waals surface area contributed by atoms with Gasteiger partial charge < -0.3 is 10.2 Å². The Kier molecular flexibility index (Phi) is 11.2. The van der Waals surface area contributed by atoms with Crippen LogP contribution in [0.2, 0.25) is 0 Å². The smallest absolute Gasteiger partial charge is 0.264 e. The minimum atomic E-state index is -4.14. The van der Waals surface area contributed by atoms with Crippen molar-refractivity contribution in [2.45, 2.75) is 58.5 Å². The third-order valence-corrected chi connectivity index (χ3v) is 9.57. The van der Waals surface area contributed by atoms with Gasteiger partial charge in [0.05, 0.1) is 10.6 Å². The normalized spacial score (nSPS) is 12.0. The van der Waals surface area contributed by atoms with E-state index in [9.17, 15) is 18.0 Å². The Morgan fingerprint density at radius 1 is 0.778 bits per heavy atom. The van der Waals surface area contributed by atoms with E-state index in [1.165, 1.54) is 16.4 Å². The topological polar surface area (TPSA) is 86.8 Å². The van der Waals surface area contributed by atoms with Crippen molar-refractivity contribution in [3.63, 3.8) is 0 Å². The molecule has 1 N–H and O–H groups in total. The number of amides is 2. The van der Waals surface area contributed by atoms with Crippen molar-refractivity contribution in [2.24, 2.45) is 5.92 Å². The SMILES string of the molecule is Cc1ccc(C)c(N(CC(=O)N(Cc2ccccc2C)[C@@H](Cc2ccccc2)C(=O)NCC(C)C)S(=O)(=O)c2ccccc2)c1. The molecular weight excluding hydrogens is 582 g/mol. The van der Waals surface area contributed by atoms with E-state index in [0.717, 1.165) is 22.3 Å². The molecule has 4 aromatic rings. The molecule has 0 unspecified atom stereocenters. The molecule has 0 heterocycles. The van der Waals surface area contributed by atoms with E-state index in [-0.39, 0.29) is 29.7 Å². The molecule has 8 heteroatoms. The lowest BCUT2D eigenvalue weighted by Crippen LogP contribution is -2.54. The first-order chi connectivity index (χ1) is 21.5. The second-order valence-corrected chi connectivity index (χ2v) is 13.8. The van der Waals surface area contributed by atoms with Crippen LogP contribution in [0.3, 0.4) is 0 Å². The number of nitrogens with one attached hydrogen (secondary N) is 1. The zero-order valence-corrected chi connectivity index (χ0v) is 27.6. The Morgan fingerprint density at radius 2 is 1.40 bits per heavy atom. The number of anilines is 1. The lowest BCUT2D eigenvalue weighted by molar-refractivity contribution is -0.140. The Labute approximate surface area is 268 Å². The third-order valence-electron chi connectivity index (χ3n) is 7.80. The zero-order chi connectivity index (χ0) is 32.6. The molecule has 2 amide bonds. The van der Waals surface area contributed by atoms with Crippen LogP contribution in [0.4, 0.5) is 5.69 Å². The van der Waals surface area contributed by atoms with E-state index in [1.54, 1.807) is 29.2 Å². The van der Waals surface area contributed by atoms with Crippen molar-refractivity contribution in [1.29, 1.82) is 0 Å². The minimum absolute atomic E-state index is 0.0830. The van der Waals surface area contributed by atoms with Gasteiger partial charge in [0.25, 0.3) is 10.0 Å². The number of carbonyl (C=O) groups excluding carboxylic acids is 2. The van der Waals surface area contributed by atoms with Crippen molar-refractivity contribution in [3.05, 3.63) is 131 Å². The summed E-state index contributed by atoms with van der Waals surface area (Å²) >= 11 is 0. The number of benzene rings is 4. The summed E-state index contributed by atoms with van der Waals surface area (Å²) < 4.78 is 29.6. The van der Waals surface area contributed by atoms with Gasteiger partial charge in [-0.05, 0) is 72.7 Å². The average molecular weight is 626 g/mol. The highest BCUT2D eigenvalue weighted by atomic mass is 32.2. The molecule has 0 aromatic heterocycles.